The summed E-state index contributed by atoms with van der Waals surface area (Å²) in [5, 5.41) is 4.80. The van der Waals surface area contributed by atoms with Crippen LogP contribution in [0.1, 0.15) is 37.4 Å². The Kier molecular flexibility index (Phi) is 5.76. The summed E-state index contributed by atoms with van der Waals surface area (Å²) in [7, 11) is 0. The van der Waals surface area contributed by atoms with Crippen LogP contribution in [0, 0.1) is 12.8 Å². The number of carbonyl (C=O) groups excluding carboxylic acids is 2. The second-order valence-corrected chi connectivity index (χ2v) is 6.43. The summed E-state index contributed by atoms with van der Waals surface area (Å²) in [5.41, 5.74) is 0.855. The van der Waals surface area contributed by atoms with Crippen LogP contribution in [0.4, 0.5) is 9.80 Å². The minimum absolute atomic E-state index is 0.0385. The van der Waals surface area contributed by atoms with Gasteiger partial charge >= 0.3 is 6.09 Å². The van der Waals surface area contributed by atoms with E-state index in [1.54, 1.807) is 11.8 Å². The lowest BCUT2D eigenvalue weighted by atomic mass is 9.97. The van der Waals surface area contributed by atoms with Crippen molar-refractivity contribution in [1.29, 1.82) is 0 Å². The van der Waals surface area contributed by atoms with Crippen LogP contribution in [-0.4, -0.2) is 41.6 Å². The molecule has 1 aromatic heterocycles. The first kappa shape index (κ1) is 16.7. The number of rotatable bonds is 4. The Balaban J connectivity index is 1.96. The van der Waals surface area contributed by atoms with E-state index in [4.69, 9.17) is 4.74 Å². The average Bonchev–Trinajstić information content (AvgIpc) is 2.88. The number of nitrogens with one attached hydrogen (secondary N) is 1. The molecule has 122 valence electrons. The van der Waals surface area contributed by atoms with E-state index in [1.807, 2.05) is 13.8 Å². The third-order valence-electron chi connectivity index (χ3n) is 3.70. The summed E-state index contributed by atoms with van der Waals surface area (Å²) in [6, 6.07) is 0. The highest BCUT2D eigenvalue weighted by Crippen LogP contribution is 2.26. The molecule has 1 atom stereocenters. The number of anilines is 1. The Morgan fingerprint density at radius 1 is 1.45 bits per heavy atom. The number of likely N-dealkylation sites (tertiary alicyclic amines) is 1. The Bertz CT molecular complexity index is 544. The molecule has 22 heavy (non-hydrogen) atoms. The highest BCUT2D eigenvalue weighted by Gasteiger charge is 2.29. The van der Waals surface area contributed by atoms with Crippen LogP contribution in [0.15, 0.2) is 0 Å². The van der Waals surface area contributed by atoms with Gasteiger partial charge in [0.2, 0.25) is 5.91 Å². The van der Waals surface area contributed by atoms with Crippen LogP contribution in [0.3, 0.4) is 0 Å². The second-order valence-electron chi connectivity index (χ2n) is 5.35. The highest BCUT2D eigenvalue weighted by atomic mass is 32.1. The summed E-state index contributed by atoms with van der Waals surface area (Å²) in [5.74, 6) is -0.229. The normalized spacial score (nSPS) is 18.1. The van der Waals surface area contributed by atoms with Crippen molar-refractivity contribution in [2.24, 2.45) is 5.92 Å². The Morgan fingerprint density at radius 2 is 2.23 bits per heavy atom. The van der Waals surface area contributed by atoms with Gasteiger partial charge in [-0.1, -0.05) is 6.92 Å². The first-order valence-electron chi connectivity index (χ1n) is 7.74. The molecule has 6 nitrogen and oxygen atoms in total. The van der Waals surface area contributed by atoms with E-state index in [1.165, 1.54) is 11.3 Å². The predicted octanol–water partition coefficient (Wildman–Crippen LogP) is 2.82. The molecule has 0 spiro atoms. The average molecular weight is 325 g/mol. The number of hydrogen-bond donors (Lipinski definition) is 1. The van der Waals surface area contributed by atoms with Crippen LogP contribution in [0.2, 0.25) is 0 Å². The third-order valence-corrected chi connectivity index (χ3v) is 4.92. The smallest absolute Gasteiger partial charge is 0.409 e. The quantitative estimate of drug-likeness (QED) is 0.924. The second kappa shape index (κ2) is 7.58. The highest BCUT2D eigenvalue weighted by molar-refractivity contribution is 7.16. The number of aromatic nitrogens is 1. The lowest BCUT2D eigenvalue weighted by Gasteiger charge is -2.31. The summed E-state index contributed by atoms with van der Waals surface area (Å²) in [4.78, 5) is 30.3. The minimum atomic E-state index is -0.331. The molecule has 7 heteroatoms. The number of aryl methyl sites for hydroxylation is 2. The van der Waals surface area contributed by atoms with Crippen molar-refractivity contribution in [3.63, 3.8) is 0 Å². The van der Waals surface area contributed by atoms with Gasteiger partial charge in [-0.2, -0.15) is 0 Å². The minimum Gasteiger partial charge on any atom is -0.450 e. The molecule has 2 rings (SSSR count). The Hall–Kier alpha value is -1.63. The van der Waals surface area contributed by atoms with Crippen LogP contribution in [0.5, 0.6) is 0 Å². The van der Waals surface area contributed by atoms with Crippen molar-refractivity contribution < 1.29 is 14.3 Å². The van der Waals surface area contributed by atoms with Gasteiger partial charge in [-0.05, 0) is 33.1 Å². The van der Waals surface area contributed by atoms with E-state index < -0.39 is 0 Å². The number of piperidine rings is 1. The van der Waals surface area contributed by atoms with Gasteiger partial charge in [-0.3, -0.25) is 4.79 Å². The van der Waals surface area contributed by atoms with Gasteiger partial charge in [0.05, 0.1) is 23.2 Å². The van der Waals surface area contributed by atoms with Gasteiger partial charge in [0.25, 0.3) is 0 Å². The van der Waals surface area contributed by atoms with Crippen LogP contribution in [0.25, 0.3) is 0 Å². The molecule has 1 saturated heterocycles. The lowest BCUT2D eigenvalue weighted by molar-refractivity contribution is -0.121. The standard InChI is InChI=1S/C15H23N3O3S/c1-4-12-16-10(3)14(22-12)17-13(19)11-7-6-8-18(9-11)15(20)21-5-2/h11H,4-9H2,1-3H3,(H,17,19). The molecule has 0 saturated carbocycles. The van der Waals surface area contributed by atoms with Crippen LogP contribution in [-0.2, 0) is 16.0 Å². The molecule has 1 aliphatic rings. The number of thiazole rings is 1. The van der Waals surface area contributed by atoms with Gasteiger partial charge in [0.15, 0.2) is 0 Å². The van der Waals surface area contributed by atoms with Crippen molar-refractivity contribution in [3.05, 3.63) is 10.7 Å². The number of ether oxygens (including phenoxy) is 1. The van der Waals surface area contributed by atoms with Gasteiger partial charge in [0.1, 0.15) is 5.00 Å². The monoisotopic (exact) mass is 325 g/mol. The van der Waals surface area contributed by atoms with Gasteiger partial charge < -0.3 is 15.0 Å². The zero-order chi connectivity index (χ0) is 16.1. The van der Waals surface area contributed by atoms with Gasteiger partial charge in [-0.25, -0.2) is 9.78 Å². The molecule has 0 radical (unpaired) electrons. The summed E-state index contributed by atoms with van der Waals surface area (Å²) >= 11 is 1.52. The fourth-order valence-corrected chi connectivity index (χ4v) is 3.41. The van der Waals surface area contributed by atoms with E-state index in [0.717, 1.165) is 35.0 Å². The number of carbonyl (C=O) groups is 2. The molecule has 0 bridgehead atoms. The molecule has 0 aliphatic carbocycles. The van der Waals surface area contributed by atoms with Crippen molar-refractivity contribution in [1.82, 2.24) is 9.88 Å². The summed E-state index contributed by atoms with van der Waals surface area (Å²) in [6.07, 6.45) is 2.14. The predicted molar refractivity (Wildman–Crippen MR) is 86.2 cm³/mol. The number of nitrogens with zero attached hydrogens (tertiary/aromatic N) is 2. The van der Waals surface area contributed by atoms with E-state index in [9.17, 15) is 9.59 Å². The first-order valence-corrected chi connectivity index (χ1v) is 8.55. The molecule has 1 N–H and O–H groups in total. The molecule has 1 aromatic rings. The van der Waals surface area contributed by atoms with Crippen molar-refractivity contribution in [3.8, 4) is 0 Å². The maximum atomic E-state index is 12.4. The maximum absolute atomic E-state index is 12.4. The van der Waals surface area contributed by atoms with Crippen molar-refractivity contribution >= 4 is 28.3 Å². The fraction of sp³-hybridized carbons (Fsp3) is 0.667. The van der Waals surface area contributed by atoms with Crippen LogP contribution >= 0.6 is 11.3 Å². The van der Waals surface area contributed by atoms with Gasteiger partial charge in [-0.15, -0.1) is 11.3 Å². The molecule has 1 fully saturated rings. The summed E-state index contributed by atoms with van der Waals surface area (Å²) in [6.45, 7) is 7.15. The van der Waals surface area contributed by atoms with Gasteiger partial charge in [0, 0.05) is 13.1 Å². The maximum Gasteiger partial charge on any atom is 0.409 e. The van der Waals surface area contributed by atoms with Crippen molar-refractivity contribution in [2.75, 3.05) is 25.0 Å². The number of amides is 2. The Morgan fingerprint density at radius 3 is 2.86 bits per heavy atom. The number of hydrogen-bond acceptors (Lipinski definition) is 5. The third kappa shape index (κ3) is 3.97. The van der Waals surface area contributed by atoms with E-state index >= 15 is 0 Å². The molecule has 2 heterocycles. The zero-order valence-corrected chi connectivity index (χ0v) is 14.2. The largest absolute Gasteiger partial charge is 0.450 e. The van der Waals surface area contributed by atoms with Crippen LogP contribution < -0.4 is 5.32 Å². The Labute approximate surface area is 134 Å². The lowest BCUT2D eigenvalue weighted by Crippen LogP contribution is -2.44. The fourth-order valence-electron chi connectivity index (χ4n) is 2.51. The summed E-state index contributed by atoms with van der Waals surface area (Å²) < 4.78 is 5.01. The van der Waals surface area contributed by atoms with Crippen molar-refractivity contribution in [2.45, 2.75) is 40.0 Å². The molecular weight excluding hydrogens is 302 g/mol. The molecule has 2 amide bonds. The van der Waals surface area contributed by atoms with E-state index in [2.05, 4.69) is 10.3 Å². The first-order chi connectivity index (χ1) is 10.5. The van der Waals surface area contributed by atoms with E-state index in [0.29, 0.717) is 19.7 Å². The molecule has 1 unspecified atom stereocenters. The van der Waals surface area contributed by atoms with E-state index in [-0.39, 0.29) is 17.9 Å². The SMILES string of the molecule is CCOC(=O)N1CCCC(C(=O)Nc2sc(CC)nc2C)C1. The molecule has 1 aliphatic heterocycles. The molecular formula is C15H23N3O3S. The molecule has 0 aromatic carbocycles. The topological polar surface area (TPSA) is 71.5 Å². The zero-order valence-electron chi connectivity index (χ0n) is 13.3.